The lowest BCUT2D eigenvalue weighted by Crippen LogP contribution is -1.74. The van der Waals surface area contributed by atoms with E-state index in [-0.39, 0.29) is 5.75 Å². The lowest BCUT2D eigenvalue weighted by molar-refractivity contribution is 0.470. The molecule has 0 aromatic heterocycles. The second-order valence-electron chi connectivity index (χ2n) is 1.51. The Hall–Kier alpha value is 0.480. The van der Waals surface area contributed by atoms with Crippen molar-refractivity contribution in [2.45, 2.75) is 0 Å². The number of halogens is 2. The van der Waals surface area contributed by atoms with Crippen LogP contribution in [-0.2, 0) is 0 Å². The Labute approximate surface area is 80.7 Å². The third-order valence-corrected chi connectivity index (χ3v) is 2.28. The summed E-state index contributed by atoms with van der Waals surface area (Å²) in [7, 11) is 0. The fourth-order valence-electron chi connectivity index (χ4n) is 0.437. The molecular formula is C6H3I2O. The minimum absolute atomic E-state index is 0.232. The summed E-state index contributed by atoms with van der Waals surface area (Å²) in [4.78, 5) is 0. The summed E-state index contributed by atoms with van der Waals surface area (Å²) in [6.45, 7) is 0. The van der Waals surface area contributed by atoms with Crippen LogP contribution in [-0.4, -0.2) is 5.11 Å². The van der Waals surface area contributed by atoms with E-state index in [9.17, 15) is 0 Å². The van der Waals surface area contributed by atoms with Crippen molar-refractivity contribution in [2.75, 3.05) is 0 Å². The molecule has 0 saturated carbocycles. The molecule has 0 spiro atoms. The van der Waals surface area contributed by atoms with Crippen LogP contribution in [0.15, 0.2) is 12.1 Å². The summed E-state index contributed by atoms with van der Waals surface area (Å²) in [6.07, 6.45) is 0. The highest BCUT2D eigenvalue weighted by molar-refractivity contribution is 14.1. The Kier molecular flexibility index (Phi) is 2.57. The molecule has 0 heterocycles. The van der Waals surface area contributed by atoms with Crippen molar-refractivity contribution in [2.24, 2.45) is 0 Å². The zero-order valence-corrected chi connectivity index (χ0v) is 8.67. The van der Waals surface area contributed by atoms with Gasteiger partial charge in [0.2, 0.25) is 0 Å². The summed E-state index contributed by atoms with van der Waals surface area (Å²) >= 11 is 4.24. The van der Waals surface area contributed by atoms with E-state index in [1.807, 2.05) is 6.07 Å². The molecule has 1 N–H and O–H groups in total. The van der Waals surface area contributed by atoms with Crippen LogP contribution in [0.25, 0.3) is 0 Å². The number of benzene rings is 1. The third-order valence-electron chi connectivity index (χ3n) is 0.838. The van der Waals surface area contributed by atoms with Gasteiger partial charge in [-0.25, -0.2) is 0 Å². The molecule has 47 valence electrons. The summed E-state index contributed by atoms with van der Waals surface area (Å²) in [5, 5.41) is 8.98. The van der Waals surface area contributed by atoms with Crippen molar-refractivity contribution in [1.82, 2.24) is 0 Å². The summed E-state index contributed by atoms with van der Waals surface area (Å²) in [5.41, 5.74) is 0. The Morgan fingerprint density at radius 2 is 2.11 bits per heavy atom. The number of hydrogen-bond donors (Lipinski definition) is 1. The molecule has 1 radical (unpaired) electrons. The monoisotopic (exact) mass is 345 g/mol. The van der Waals surface area contributed by atoms with Gasteiger partial charge in [0.15, 0.2) is 0 Å². The number of phenols is 1. The molecule has 1 aromatic carbocycles. The minimum Gasteiger partial charge on any atom is -0.506 e. The van der Waals surface area contributed by atoms with Crippen LogP contribution >= 0.6 is 45.2 Å². The molecule has 1 nitrogen and oxygen atoms in total. The maximum absolute atomic E-state index is 8.98. The number of phenolic OH excluding ortho intramolecular Hbond substituents is 1. The maximum Gasteiger partial charge on any atom is 0.136 e. The molecular weight excluding hydrogens is 342 g/mol. The fourth-order valence-corrected chi connectivity index (χ4v) is 1.99. The van der Waals surface area contributed by atoms with Crippen molar-refractivity contribution in [3.8, 4) is 5.75 Å². The molecule has 0 aliphatic rings. The molecule has 9 heavy (non-hydrogen) atoms. The van der Waals surface area contributed by atoms with E-state index >= 15 is 0 Å². The molecule has 3 heteroatoms. The highest BCUT2D eigenvalue weighted by Gasteiger charge is 1.95. The Morgan fingerprint density at radius 1 is 1.44 bits per heavy atom. The van der Waals surface area contributed by atoms with Crippen molar-refractivity contribution in [3.05, 3.63) is 25.3 Å². The molecule has 0 amide bonds. The van der Waals surface area contributed by atoms with Gasteiger partial charge < -0.3 is 5.11 Å². The normalized spacial score (nSPS) is 9.56. The van der Waals surface area contributed by atoms with Gasteiger partial charge in [-0.2, -0.15) is 0 Å². The van der Waals surface area contributed by atoms with Gasteiger partial charge >= 0.3 is 0 Å². The van der Waals surface area contributed by atoms with Gasteiger partial charge in [-0.3, -0.25) is 0 Å². The zero-order chi connectivity index (χ0) is 6.85. The maximum atomic E-state index is 8.98. The molecule has 0 atom stereocenters. The smallest absolute Gasteiger partial charge is 0.136 e. The highest BCUT2D eigenvalue weighted by atomic mass is 127. The molecule has 0 unspecified atom stereocenters. The van der Waals surface area contributed by atoms with E-state index in [4.69, 9.17) is 5.11 Å². The van der Waals surface area contributed by atoms with Crippen LogP contribution in [0.3, 0.4) is 0 Å². The van der Waals surface area contributed by atoms with Gasteiger partial charge in [0, 0.05) is 9.64 Å². The van der Waals surface area contributed by atoms with Crippen molar-refractivity contribution in [1.29, 1.82) is 0 Å². The van der Waals surface area contributed by atoms with Gasteiger partial charge in [-0.05, 0) is 57.3 Å². The van der Waals surface area contributed by atoms with Crippen LogP contribution in [0.1, 0.15) is 0 Å². The molecule has 0 aliphatic heterocycles. The van der Waals surface area contributed by atoms with E-state index in [1.54, 1.807) is 6.07 Å². The second-order valence-corrected chi connectivity index (χ2v) is 3.92. The van der Waals surface area contributed by atoms with Crippen LogP contribution in [0.4, 0.5) is 0 Å². The Morgan fingerprint density at radius 3 is 2.56 bits per heavy atom. The van der Waals surface area contributed by atoms with Crippen LogP contribution in [0, 0.1) is 13.2 Å². The largest absolute Gasteiger partial charge is 0.506 e. The number of aromatic hydroxyl groups is 1. The second kappa shape index (κ2) is 3.05. The van der Waals surface area contributed by atoms with Crippen LogP contribution in [0.2, 0.25) is 0 Å². The molecule has 1 rings (SSSR count). The number of rotatable bonds is 0. The minimum atomic E-state index is 0.232. The van der Waals surface area contributed by atoms with E-state index in [1.165, 1.54) is 0 Å². The summed E-state index contributed by atoms with van der Waals surface area (Å²) in [6, 6.07) is 6.35. The van der Waals surface area contributed by atoms with Gasteiger partial charge in [-0.1, -0.05) is 0 Å². The SMILES string of the molecule is Oc1[c]cc(I)cc1I. The zero-order valence-electron chi connectivity index (χ0n) is 4.36. The Balaban J connectivity index is 3.17. The summed E-state index contributed by atoms with van der Waals surface area (Å²) < 4.78 is 1.94. The Bertz CT molecular complexity index is 222. The van der Waals surface area contributed by atoms with Crippen molar-refractivity contribution < 1.29 is 5.11 Å². The highest BCUT2D eigenvalue weighted by Crippen LogP contribution is 2.19. The van der Waals surface area contributed by atoms with Crippen LogP contribution in [0.5, 0.6) is 5.75 Å². The quantitative estimate of drug-likeness (QED) is 0.717. The van der Waals surface area contributed by atoms with Gasteiger partial charge in [0.05, 0.1) is 3.57 Å². The van der Waals surface area contributed by atoms with Gasteiger partial charge in [0.1, 0.15) is 5.75 Å². The molecule has 0 bridgehead atoms. The average molecular weight is 345 g/mol. The van der Waals surface area contributed by atoms with Crippen molar-refractivity contribution in [3.63, 3.8) is 0 Å². The number of hydrogen-bond acceptors (Lipinski definition) is 1. The molecule has 1 aromatic rings. The first-order chi connectivity index (χ1) is 4.20. The average Bonchev–Trinajstić information content (AvgIpc) is 1.80. The van der Waals surface area contributed by atoms with Crippen molar-refractivity contribution >= 4 is 45.2 Å². The third kappa shape index (κ3) is 1.96. The van der Waals surface area contributed by atoms with Gasteiger partial charge in [-0.15, -0.1) is 0 Å². The first-order valence-electron chi connectivity index (χ1n) is 2.26. The van der Waals surface area contributed by atoms with E-state index in [2.05, 4.69) is 51.2 Å². The van der Waals surface area contributed by atoms with E-state index in [0.29, 0.717) is 0 Å². The first kappa shape index (κ1) is 7.59. The lowest BCUT2D eigenvalue weighted by Gasteiger charge is -1.93. The lowest BCUT2D eigenvalue weighted by atomic mass is 10.3. The standard InChI is InChI=1S/C6H3I2O/c7-4-1-2-6(9)5(8)3-4/h1,3,9H. The molecule has 0 saturated heterocycles. The van der Waals surface area contributed by atoms with E-state index in [0.717, 1.165) is 7.14 Å². The fraction of sp³-hybridized carbons (Fsp3) is 0. The molecule has 0 fully saturated rings. The van der Waals surface area contributed by atoms with Crippen LogP contribution < -0.4 is 0 Å². The predicted octanol–water partition coefficient (Wildman–Crippen LogP) is 2.40. The predicted molar refractivity (Wildman–Crippen MR) is 52.4 cm³/mol. The summed E-state index contributed by atoms with van der Waals surface area (Å²) in [5.74, 6) is 0.232. The van der Waals surface area contributed by atoms with Gasteiger partial charge in [0.25, 0.3) is 0 Å². The molecule has 0 aliphatic carbocycles. The topological polar surface area (TPSA) is 20.2 Å². The first-order valence-corrected chi connectivity index (χ1v) is 4.41. The van der Waals surface area contributed by atoms with E-state index < -0.39 is 0 Å².